The van der Waals surface area contributed by atoms with Crippen molar-refractivity contribution in [3.05, 3.63) is 60.8 Å². The first-order valence-corrected chi connectivity index (χ1v) is 9.01. The fraction of sp³-hybridized carbons (Fsp3) is 0.190. The third-order valence-corrected chi connectivity index (χ3v) is 4.67. The second-order valence-corrected chi connectivity index (χ2v) is 6.42. The Balaban J connectivity index is 1.56. The topological polar surface area (TPSA) is 66.7 Å². The molecule has 0 fully saturated rings. The molecule has 1 aliphatic heterocycles. The summed E-state index contributed by atoms with van der Waals surface area (Å²) in [4.78, 5) is 24.8. The number of carbonyl (C=O) groups excluding carboxylic acids is 2. The molecule has 3 aromatic rings. The molecule has 0 bridgehead atoms. The van der Waals surface area contributed by atoms with E-state index in [2.05, 4.69) is 21.9 Å². The van der Waals surface area contributed by atoms with Gasteiger partial charge in [-0.2, -0.15) is 5.10 Å². The van der Waals surface area contributed by atoms with Gasteiger partial charge in [-0.1, -0.05) is 18.2 Å². The van der Waals surface area contributed by atoms with Gasteiger partial charge in [0, 0.05) is 42.2 Å². The zero-order valence-electron chi connectivity index (χ0n) is 15.1. The highest BCUT2D eigenvalue weighted by molar-refractivity contribution is 6.44. The van der Waals surface area contributed by atoms with Gasteiger partial charge in [0.2, 0.25) is 5.91 Å². The smallest absolute Gasteiger partial charge is 0.271 e. The summed E-state index contributed by atoms with van der Waals surface area (Å²) in [5.74, 6) is -0.391. The fourth-order valence-corrected chi connectivity index (χ4v) is 3.24. The molecule has 0 aliphatic carbocycles. The standard InChI is InChI=1S/C21H20N4O2/c1-2-24-13-12-15-14-16(8-10-19(15)24)22-21(27)18-9-11-20(26)25(23-18)17-6-4-3-5-7-17/h3-8,10,12-14H,2,9,11H2,1H3,(H,22,27). The van der Waals surface area contributed by atoms with Crippen LogP contribution in [0.3, 0.4) is 0 Å². The Hall–Kier alpha value is -3.41. The van der Waals surface area contributed by atoms with Crippen LogP contribution >= 0.6 is 0 Å². The number of rotatable bonds is 4. The van der Waals surface area contributed by atoms with Crippen molar-refractivity contribution in [2.24, 2.45) is 5.10 Å². The average Bonchev–Trinajstić information content (AvgIpc) is 3.11. The predicted octanol–water partition coefficient (Wildman–Crippen LogP) is 3.78. The zero-order valence-corrected chi connectivity index (χ0v) is 15.1. The maximum atomic E-state index is 12.7. The number of benzene rings is 2. The Morgan fingerprint density at radius 1 is 1.11 bits per heavy atom. The normalized spacial score (nSPS) is 14.3. The lowest BCUT2D eigenvalue weighted by molar-refractivity contribution is -0.118. The molecule has 0 spiro atoms. The molecule has 27 heavy (non-hydrogen) atoms. The van der Waals surface area contributed by atoms with Gasteiger partial charge in [0.15, 0.2) is 0 Å². The van der Waals surface area contributed by atoms with Crippen LogP contribution in [0.5, 0.6) is 0 Å². The van der Waals surface area contributed by atoms with E-state index in [-0.39, 0.29) is 18.2 Å². The Morgan fingerprint density at radius 3 is 2.70 bits per heavy atom. The van der Waals surface area contributed by atoms with Gasteiger partial charge in [0.1, 0.15) is 5.71 Å². The lowest BCUT2D eigenvalue weighted by atomic mass is 10.1. The number of nitrogens with zero attached hydrogens (tertiary/aromatic N) is 3. The van der Waals surface area contributed by atoms with E-state index in [1.54, 1.807) is 12.1 Å². The van der Waals surface area contributed by atoms with E-state index < -0.39 is 0 Å². The molecule has 0 unspecified atom stereocenters. The Morgan fingerprint density at radius 2 is 1.93 bits per heavy atom. The molecule has 2 aromatic carbocycles. The summed E-state index contributed by atoms with van der Waals surface area (Å²) in [6, 6.07) is 17.0. The molecule has 1 aliphatic rings. The molecule has 0 saturated heterocycles. The van der Waals surface area contributed by atoms with Crippen molar-refractivity contribution in [1.82, 2.24) is 4.57 Å². The molecule has 136 valence electrons. The Kier molecular flexibility index (Phi) is 4.46. The number of nitrogens with one attached hydrogen (secondary N) is 1. The number of aryl methyl sites for hydroxylation is 1. The van der Waals surface area contributed by atoms with Crippen LogP contribution in [0.25, 0.3) is 10.9 Å². The molecule has 6 nitrogen and oxygen atoms in total. The van der Waals surface area contributed by atoms with Gasteiger partial charge >= 0.3 is 0 Å². The van der Waals surface area contributed by atoms with E-state index in [0.717, 1.165) is 17.4 Å². The highest BCUT2D eigenvalue weighted by Crippen LogP contribution is 2.22. The van der Waals surface area contributed by atoms with Gasteiger partial charge in [-0.25, -0.2) is 5.01 Å². The lowest BCUT2D eigenvalue weighted by Crippen LogP contribution is -2.36. The predicted molar refractivity (Wildman–Crippen MR) is 107 cm³/mol. The second kappa shape index (κ2) is 7.07. The molecule has 0 atom stereocenters. The fourth-order valence-electron chi connectivity index (χ4n) is 3.24. The molecule has 2 heterocycles. The molecule has 0 saturated carbocycles. The van der Waals surface area contributed by atoms with Gasteiger partial charge in [-0.3, -0.25) is 9.59 Å². The number of amides is 2. The van der Waals surface area contributed by atoms with Crippen LogP contribution in [0.4, 0.5) is 11.4 Å². The summed E-state index contributed by atoms with van der Waals surface area (Å²) < 4.78 is 2.15. The van der Waals surface area contributed by atoms with Crippen LogP contribution in [-0.2, 0) is 16.1 Å². The number of anilines is 2. The van der Waals surface area contributed by atoms with Crippen LogP contribution in [0.15, 0.2) is 65.9 Å². The van der Waals surface area contributed by atoms with Crippen LogP contribution in [0.2, 0.25) is 0 Å². The van der Waals surface area contributed by atoms with E-state index >= 15 is 0 Å². The molecule has 2 amide bonds. The minimum Gasteiger partial charge on any atom is -0.348 e. The second-order valence-electron chi connectivity index (χ2n) is 6.42. The molecular formula is C21H20N4O2. The van der Waals surface area contributed by atoms with E-state index in [1.807, 2.05) is 48.7 Å². The van der Waals surface area contributed by atoms with Crippen molar-refractivity contribution >= 4 is 39.8 Å². The lowest BCUT2D eigenvalue weighted by Gasteiger charge is -2.23. The number of para-hydroxylation sites is 1. The first kappa shape index (κ1) is 17.0. The van der Waals surface area contributed by atoms with Crippen LogP contribution in [0.1, 0.15) is 19.8 Å². The molecular weight excluding hydrogens is 340 g/mol. The van der Waals surface area contributed by atoms with Gasteiger partial charge in [-0.15, -0.1) is 0 Å². The minimum atomic E-state index is -0.280. The summed E-state index contributed by atoms with van der Waals surface area (Å²) in [7, 11) is 0. The quantitative estimate of drug-likeness (QED) is 0.769. The van der Waals surface area contributed by atoms with Gasteiger partial charge in [0.05, 0.1) is 5.69 Å². The van der Waals surface area contributed by atoms with Crippen molar-refractivity contribution in [2.75, 3.05) is 10.3 Å². The van der Waals surface area contributed by atoms with Crippen LogP contribution in [0, 0.1) is 0 Å². The van der Waals surface area contributed by atoms with Crippen molar-refractivity contribution in [1.29, 1.82) is 0 Å². The number of hydrogen-bond acceptors (Lipinski definition) is 3. The largest absolute Gasteiger partial charge is 0.348 e. The third kappa shape index (κ3) is 3.33. The Labute approximate surface area is 157 Å². The maximum Gasteiger partial charge on any atom is 0.271 e. The van der Waals surface area contributed by atoms with Gasteiger partial charge in [0.25, 0.3) is 5.91 Å². The molecule has 1 N–H and O–H groups in total. The number of aromatic nitrogens is 1. The number of hydrazone groups is 1. The summed E-state index contributed by atoms with van der Waals surface area (Å²) in [5, 5.41) is 9.57. The summed E-state index contributed by atoms with van der Waals surface area (Å²) in [6.45, 7) is 2.99. The minimum absolute atomic E-state index is 0.111. The van der Waals surface area contributed by atoms with Gasteiger partial charge < -0.3 is 9.88 Å². The highest BCUT2D eigenvalue weighted by Gasteiger charge is 2.25. The zero-order chi connectivity index (χ0) is 18.8. The molecule has 1 aromatic heterocycles. The van der Waals surface area contributed by atoms with Crippen molar-refractivity contribution in [3.8, 4) is 0 Å². The number of fused-ring (bicyclic) bond motifs is 1. The van der Waals surface area contributed by atoms with Gasteiger partial charge in [-0.05, 0) is 43.3 Å². The number of hydrogen-bond donors (Lipinski definition) is 1. The van der Waals surface area contributed by atoms with E-state index in [1.165, 1.54) is 5.01 Å². The third-order valence-electron chi connectivity index (χ3n) is 4.67. The first-order chi connectivity index (χ1) is 13.2. The van der Waals surface area contributed by atoms with E-state index in [4.69, 9.17) is 0 Å². The maximum absolute atomic E-state index is 12.7. The first-order valence-electron chi connectivity index (χ1n) is 9.01. The Bertz CT molecular complexity index is 1040. The number of carbonyl (C=O) groups is 2. The summed E-state index contributed by atoms with van der Waals surface area (Å²) in [5.41, 5.74) is 2.86. The summed E-state index contributed by atoms with van der Waals surface area (Å²) >= 11 is 0. The van der Waals surface area contributed by atoms with Crippen LogP contribution < -0.4 is 10.3 Å². The molecule has 6 heteroatoms. The van der Waals surface area contributed by atoms with Crippen LogP contribution in [-0.4, -0.2) is 22.1 Å². The van der Waals surface area contributed by atoms with E-state index in [9.17, 15) is 9.59 Å². The molecule has 4 rings (SSSR count). The van der Waals surface area contributed by atoms with Crippen molar-refractivity contribution < 1.29 is 9.59 Å². The highest BCUT2D eigenvalue weighted by atomic mass is 16.2. The molecule has 0 radical (unpaired) electrons. The SMILES string of the molecule is CCn1ccc2cc(NC(=O)C3=NN(c4ccccc4)C(=O)CC3)ccc21. The van der Waals surface area contributed by atoms with E-state index in [0.29, 0.717) is 23.5 Å². The monoisotopic (exact) mass is 360 g/mol. The average molecular weight is 360 g/mol. The summed E-state index contributed by atoms with van der Waals surface area (Å²) in [6.07, 6.45) is 2.63. The van der Waals surface area contributed by atoms with Crippen molar-refractivity contribution in [3.63, 3.8) is 0 Å². The van der Waals surface area contributed by atoms with Crippen molar-refractivity contribution in [2.45, 2.75) is 26.3 Å².